The van der Waals surface area contributed by atoms with Crippen LogP contribution in [0.25, 0.3) is 0 Å². The van der Waals surface area contributed by atoms with E-state index in [1.807, 2.05) is 6.07 Å². The van der Waals surface area contributed by atoms with Crippen molar-refractivity contribution in [3.8, 4) is 5.75 Å². The fourth-order valence-corrected chi connectivity index (χ4v) is 3.04. The number of nitrogens with two attached hydrogens (primary N) is 1. The summed E-state index contributed by atoms with van der Waals surface area (Å²) in [5.74, 6) is 0.649. The van der Waals surface area contributed by atoms with Gasteiger partial charge in [0.15, 0.2) is 0 Å². The number of amides is 1. The minimum Gasteiger partial charge on any atom is -0.487 e. The Morgan fingerprint density at radius 2 is 1.75 bits per heavy atom. The van der Waals surface area contributed by atoms with Gasteiger partial charge in [0.2, 0.25) is 5.95 Å². The van der Waals surface area contributed by atoms with Crippen LogP contribution >= 0.6 is 0 Å². The van der Waals surface area contributed by atoms with Gasteiger partial charge in [0.25, 0.3) is 5.91 Å². The van der Waals surface area contributed by atoms with E-state index in [9.17, 15) is 4.79 Å². The second kappa shape index (κ2) is 7.78. The lowest BCUT2D eigenvalue weighted by Crippen LogP contribution is -2.24. The topological polar surface area (TPSA) is 90.1 Å². The molecule has 6 heteroatoms. The van der Waals surface area contributed by atoms with E-state index in [1.54, 1.807) is 14.0 Å². The van der Waals surface area contributed by atoms with Crippen LogP contribution in [0.2, 0.25) is 0 Å². The molecule has 1 amide bonds. The summed E-state index contributed by atoms with van der Waals surface area (Å²) < 4.78 is 6.14. The maximum Gasteiger partial charge on any atom is 0.254 e. The van der Waals surface area contributed by atoms with Gasteiger partial charge in [0.05, 0.1) is 17.0 Å². The van der Waals surface area contributed by atoms with Crippen molar-refractivity contribution >= 4 is 11.9 Å². The lowest BCUT2D eigenvalue weighted by Gasteiger charge is -2.27. The number of anilines is 1. The van der Waals surface area contributed by atoms with Gasteiger partial charge < -0.3 is 15.8 Å². The lowest BCUT2D eigenvalue weighted by atomic mass is 9.80. The molecular formula is C22H32N4O2. The first-order chi connectivity index (χ1) is 12.8. The number of carbonyl (C=O) groups is 1. The number of hydrogen-bond acceptors (Lipinski definition) is 5. The van der Waals surface area contributed by atoms with Crippen molar-refractivity contribution < 1.29 is 9.53 Å². The molecule has 28 heavy (non-hydrogen) atoms. The number of nitrogens with zero attached hydrogens (tertiary/aromatic N) is 2. The Kier molecular flexibility index (Phi) is 6.02. The van der Waals surface area contributed by atoms with Crippen molar-refractivity contribution in [1.82, 2.24) is 15.3 Å². The Morgan fingerprint density at radius 3 is 2.29 bits per heavy atom. The first-order valence-electron chi connectivity index (χ1n) is 9.47. The van der Waals surface area contributed by atoms with Crippen molar-refractivity contribution in [2.75, 3.05) is 12.8 Å². The summed E-state index contributed by atoms with van der Waals surface area (Å²) in [6.45, 7) is 14.9. The van der Waals surface area contributed by atoms with Crippen LogP contribution < -0.4 is 15.8 Å². The number of nitrogen functional groups attached to an aromatic ring is 1. The SMILES string of the molecule is CNC(=O)c1c(C)nc(N)nc1COc1ccc(C(C)(C)C)cc1C(C)(C)C. The molecule has 3 N–H and O–H groups in total. The van der Waals surface area contributed by atoms with Crippen molar-refractivity contribution in [2.24, 2.45) is 0 Å². The van der Waals surface area contributed by atoms with Crippen LogP contribution in [0.1, 0.15) is 74.4 Å². The number of aromatic nitrogens is 2. The number of rotatable bonds is 4. The Morgan fingerprint density at radius 1 is 1.11 bits per heavy atom. The third-order valence-electron chi connectivity index (χ3n) is 4.65. The molecule has 0 unspecified atom stereocenters. The molecule has 2 aromatic rings. The van der Waals surface area contributed by atoms with Gasteiger partial charge in [-0.15, -0.1) is 0 Å². The van der Waals surface area contributed by atoms with E-state index in [-0.39, 0.29) is 29.3 Å². The van der Waals surface area contributed by atoms with Crippen LogP contribution in [0.5, 0.6) is 5.75 Å². The average Bonchev–Trinajstić information content (AvgIpc) is 2.57. The Hall–Kier alpha value is -2.63. The van der Waals surface area contributed by atoms with Crippen molar-refractivity contribution in [3.63, 3.8) is 0 Å². The van der Waals surface area contributed by atoms with Crippen LogP contribution in [-0.4, -0.2) is 22.9 Å². The van der Waals surface area contributed by atoms with E-state index >= 15 is 0 Å². The standard InChI is InChI=1S/C22H32N4O2/c1-13-18(19(27)24-8)16(26-20(23)25-13)12-28-17-10-9-14(21(2,3)4)11-15(17)22(5,6)7/h9-11H,12H2,1-8H3,(H,24,27)(H2,23,25,26). The third kappa shape index (κ3) is 4.80. The van der Waals surface area contributed by atoms with E-state index in [1.165, 1.54) is 5.56 Å². The van der Waals surface area contributed by atoms with E-state index in [4.69, 9.17) is 10.5 Å². The molecule has 0 saturated heterocycles. The summed E-state index contributed by atoms with van der Waals surface area (Å²) in [5, 5.41) is 2.62. The third-order valence-corrected chi connectivity index (χ3v) is 4.65. The molecule has 0 atom stereocenters. The highest BCUT2D eigenvalue weighted by molar-refractivity contribution is 5.96. The summed E-state index contributed by atoms with van der Waals surface area (Å²) in [5.41, 5.74) is 9.52. The first kappa shape index (κ1) is 21.7. The molecule has 152 valence electrons. The van der Waals surface area contributed by atoms with E-state index in [0.717, 1.165) is 11.3 Å². The summed E-state index contributed by atoms with van der Waals surface area (Å²) >= 11 is 0. The summed E-state index contributed by atoms with van der Waals surface area (Å²) in [6, 6.07) is 6.29. The van der Waals surface area contributed by atoms with Crippen LogP contribution in [0.4, 0.5) is 5.95 Å². The number of aryl methyl sites for hydroxylation is 1. The largest absolute Gasteiger partial charge is 0.487 e. The van der Waals surface area contributed by atoms with Gasteiger partial charge in [-0.1, -0.05) is 53.7 Å². The highest BCUT2D eigenvalue weighted by atomic mass is 16.5. The average molecular weight is 385 g/mol. The van der Waals surface area contributed by atoms with Gasteiger partial charge in [-0.25, -0.2) is 9.97 Å². The minimum atomic E-state index is -0.254. The van der Waals surface area contributed by atoms with Crippen molar-refractivity contribution in [2.45, 2.75) is 65.9 Å². The molecule has 1 aromatic heterocycles. The van der Waals surface area contributed by atoms with Gasteiger partial charge in [-0.3, -0.25) is 4.79 Å². The zero-order chi connectivity index (χ0) is 21.3. The van der Waals surface area contributed by atoms with Crippen molar-refractivity contribution in [1.29, 1.82) is 0 Å². The van der Waals surface area contributed by atoms with Crippen molar-refractivity contribution in [3.05, 3.63) is 46.3 Å². The molecule has 0 spiro atoms. The van der Waals surface area contributed by atoms with Crippen LogP contribution in [0.3, 0.4) is 0 Å². The fraction of sp³-hybridized carbons (Fsp3) is 0.500. The van der Waals surface area contributed by atoms with Gasteiger partial charge in [0, 0.05) is 7.05 Å². The summed E-state index contributed by atoms with van der Waals surface area (Å²) in [4.78, 5) is 20.6. The van der Waals surface area contributed by atoms with Gasteiger partial charge in [0.1, 0.15) is 12.4 Å². The van der Waals surface area contributed by atoms with E-state index < -0.39 is 0 Å². The number of nitrogens with one attached hydrogen (secondary N) is 1. The molecule has 0 radical (unpaired) electrons. The second-order valence-corrected chi connectivity index (χ2v) is 9.07. The van der Waals surface area contributed by atoms with Gasteiger partial charge in [-0.05, 0) is 34.9 Å². The maximum atomic E-state index is 12.3. The van der Waals surface area contributed by atoms with Crippen LogP contribution in [0, 0.1) is 6.92 Å². The predicted molar refractivity (Wildman–Crippen MR) is 113 cm³/mol. The second-order valence-electron chi connectivity index (χ2n) is 9.07. The molecule has 2 rings (SSSR count). The smallest absolute Gasteiger partial charge is 0.254 e. The van der Waals surface area contributed by atoms with E-state index in [0.29, 0.717) is 17.0 Å². The molecule has 1 heterocycles. The number of benzene rings is 1. The lowest BCUT2D eigenvalue weighted by molar-refractivity contribution is 0.0958. The number of hydrogen-bond donors (Lipinski definition) is 2. The minimum absolute atomic E-state index is 0.0448. The van der Waals surface area contributed by atoms with E-state index in [2.05, 4.69) is 69.0 Å². The normalized spacial score (nSPS) is 12.0. The van der Waals surface area contributed by atoms with Crippen LogP contribution in [0.15, 0.2) is 18.2 Å². The molecule has 0 bridgehead atoms. The summed E-state index contributed by atoms with van der Waals surface area (Å²) in [7, 11) is 1.58. The zero-order valence-electron chi connectivity index (χ0n) is 18.2. The highest BCUT2D eigenvalue weighted by Crippen LogP contribution is 2.36. The Labute approximate surface area is 167 Å². The van der Waals surface area contributed by atoms with Crippen LogP contribution in [-0.2, 0) is 17.4 Å². The Balaban J connectivity index is 2.44. The molecule has 0 aliphatic carbocycles. The quantitative estimate of drug-likeness (QED) is 0.834. The first-order valence-corrected chi connectivity index (χ1v) is 9.47. The molecule has 0 fully saturated rings. The fourth-order valence-electron chi connectivity index (χ4n) is 3.04. The molecular weight excluding hydrogens is 352 g/mol. The molecule has 0 saturated carbocycles. The summed E-state index contributed by atoms with van der Waals surface area (Å²) in [6.07, 6.45) is 0. The highest BCUT2D eigenvalue weighted by Gasteiger charge is 2.24. The molecule has 0 aliphatic rings. The Bertz CT molecular complexity index is 877. The molecule has 1 aromatic carbocycles. The van der Waals surface area contributed by atoms with Gasteiger partial charge >= 0.3 is 0 Å². The van der Waals surface area contributed by atoms with Gasteiger partial charge in [-0.2, -0.15) is 0 Å². The number of carbonyl (C=O) groups excluding carboxylic acids is 1. The zero-order valence-corrected chi connectivity index (χ0v) is 18.2. The molecule has 6 nitrogen and oxygen atoms in total. The monoisotopic (exact) mass is 384 g/mol. The molecule has 0 aliphatic heterocycles. The predicted octanol–water partition coefficient (Wildman–Crippen LogP) is 3.90. The number of ether oxygens (including phenoxy) is 1. The maximum absolute atomic E-state index is 12.3.